The van der Waals surface area contributed by atoms with E-state index >= 15 is 0 Å². The maximum absolute atomic E-state index is 11.4. The number of amides is 1. The lowest BCUT2D eigenvalue weighted by Gasteiger charge is -2.12. The predicted molar refractivity (Wildman–Crippen MR) is 66.5 cm³/mol. The van der Waals surface area contributed by atoms with Crippen molar-refractivity contribution in [1.82, 2.24) is 5.32 Å². The fourth-order valence-corrected chi connectivity index (χ4v) is 1.76. The lowest BCUT2D eigenvalue weighted by atomic mass is 10.2. The fourth-order valence-electron chi connectivity index (χ4n) is 0.946. The van der Waals surface area contributed by atoms with E-state index in [0.717, 1.165) is 11.8 Å². The Morgan fingerprint density at radius 1 is 1.24 bits per heavy atom. The van der Waals surface area contributed by atoms with Gasteiger partial charge in [-0.3, -0.25) is 14.4 Å². The SMILES string of the molecule is COC(=O)CC(=O)SC(C)CNC(=O)C(C)C. The molecule has 0 aromatic rings. The molecule has 5 nitrogen and oxygen atoms in total. The normalized spacial score (nSPS) is 12.1. The van der Waals surface area contributed by atoms with Crippen molar-refractivity contribution in [3.05, 3.63) is 0 Å². The first kappa shape index (κ1) is 16.0. The van der Waals surface area contributed by atoms with Gasteiger partial charge in [0.25, 0.3) is 0 Å². The third kappa shape index (κ3) is 7.79. The molecule has 0 saturated heterocycles. The molecule has 0 aliphatic rings. The van der Waals surface area contributed by atoms with Gasteiger partial charge in [-0.1, -0.05) is 32.5 Å². The molecule has 1 unspecified atom stereocenters. The van der Waals surface area contributed by atoms with Gasteiger partial charge in [0.15, 0.2) is 5.12 Å². The van der Waals surface area contributed by atoms with Crippen LogP contribution in [0, 0.1) is 5.92 Å². The van der Waals surface area contributed by atoms with Gasteiger partial charge in [0.05, 0.1) is 7.11 Å². The summed E-state index contributed by atoms with van der Waals surface area (Å²) in [5, 5.41) is 2.42. The van der Waals surface area contributed by atoms with Crippen LogP contribution in [0.5, 0.6) is 0 Å². The van der Waals surface area contributed by atoms with Crippen molar-refractivity contribution in [3.8, 4) is 0 Å². The Bertz CT molecular complexity index is 291. The van der Waals surface area contributed by atoms with Crippen molar-refractivity contribution in [2.24, 2.45) is 5.92 Å². The van der Waals surface area contributed by atoms with Gasteiger partial charge >= 0.3 is 5.97 Å². The van der Waals surface area contributed by atoms with Gasteiger partial charge in [0.2, 0.25) is 5.91 Å². The Morgan fingerprint density at radius 2 is 1.82 bits per heavy atom. The number of ether oxygens (including phenoxy) is 1. The highest BCUT2D eigenvalue weighted by atomic mass is 32.2. The van der Waals surface area contributed by atoms with Crippen LogP contribution < -0.4 is 5.32 Å². The molecular formula is C11H19NO4S. The molecule has 0 aromatic heterocycles. The molecule has 6 heteroatoms. The molecule has 17 heavy (non-hydrogen) atoms. The summed E-state index contributed by atoms with van der Waals surface area (Å²) >= 11 is 1.04. The number of rotatable bonds is 6. The van der Waals surface area contributed by atoms with Gasteiger partial charge in [-0.15, -0.1) is 0 Å². The van der Waals surface area contributed by atoms with Crippen LogP contribution in [-0.2, 0) is 19.1 Å². The summed E-state index contributed by atoms with van der Waals surface area (Å²) in [6, 6.07) is 0. The second kappa shape index (κ2) is 8.11. The maximum atomic E-state index is 11.4. The lowest BCUT2D eigenvalue weighted by Crippen LogP contribution is -2.33. The number of carbonyl (C=O) groups is 3. The van der Waals surface area contributed by atoms with Crippen molar-refractivity contribution in [2.45, 2.75) is 32.4 Å². The number of thioether (sulfide) groups is 1. The smallest absolute Gasteiger partial charge is 0.313 e. The molecule has 0 heterocycles. The molecule has 0 bridgehead atoms. The third-order valence-corrected chi connectivity index (χ3v) is 2.91. The zero-order valence-electron chi connectivity index (χ0n) is 10.6. The molecule has 1 amide bonds. The molecule has 0 saturated carbocycles. The van der Waals surface area contributed by atoms with E-state index in [-0.39, 0.29) is 28.6 Å². The topological polar surface area (TPSA) is 72.5 Å². The number of nitrogens with one attached hydrogen (secondary N) is 1. The molecule has 1 atom stereocenters. The second-order valence-corrected chi connectivity index (χ2v) is 5.45. The minimum atomic E-state index is -0.541. The van der Waals surface area contributed by atoms with E-state index in [9.17, 15) is 14.4 Å². The average molecular weight is 261 g/mol. The molecule has 0 aliphatic carbocycles. The summed E-state index contributed by atoms with van der Waals surface area (Å²) in [7, 11) is 1.24. The summed E-state index contributed by atoms with van der Waals surface area (Å²) in [4.78, 5) is 33.5. The summed E-state index contributed by atoms with van der Waals surface area (Å²) in [5.41, 5.74) is 0. The zero-order chi connectivity index (χ0) is 13.4. The highest BCUT2D eigenvalue weighted by Crippen LogP contribution is 2.13. The molecule has 0 spiro atoms. The van der Waals surface area contributed by atoms with Crippen LogP contribution in [0.1, 0.15) is 27.2 Å². The Labute approximate surface area is 106 Å². The Kier molecular flexibility index (Phi) is 7.61. The molecule has 98 valence electrons. The van der Waals surface area contributed by atoms with Crippen LogP contribution in [-0.4, -0.2) is 35.9 Å². The average Bonchev–Trinajstić information content (AvgIpc) is 2.25. The minimum absolute atomic E-state index is 0.0436. The van der Waals surface area contributed by atoms with Crippen LogP contribution in [0.15, 0.2) is 0 Å². The van der Waals surface area contributed by atoms with Crippen molar-refractivity contribution in [3.63, 3.8) is 0 Å². The first-order chi connectivity index (χ1) is 7.86. The molecular weight excluding hydrogens is 242 g/mol. The van der Waals surface area contributed by atoms with E-state index in [4.69, 9.17) is 0 Å². The predicted octanol–water partition coefficient (Wildman–Crippen LogP) is 0.970. The lowest BCUT2D eigenvalue weighted by molar-refractivity contribution is -0.142. The van der Waals surface area contributed by atoms with Gasteiger partial charge in [0.1, 0.15) is 6.42 Å². The van der Waals surface area contributed by atoms with Crippen LogP contribution in [0.25, 0.3) is 0 Å². The van der Waals surface area contributed by atoms with Crippen LogP contribution in [0.4, 0.5) is 0 Å². The number of methoxy groups -OCH3 is 1. The number of esters is 1. The van der Waals surface area contributed by atoms with E-state index in [1.807, 2.05) is 6.92 Å². The summed E-state index contributed by atoms with van der Waals surface area (Å²) < 4.78 is 4.39. The number of hydrogen-bond donors (Lipinski definition) is 1. The van der Waals surface area contributed by atoms with E-state index in [0.29, 0.717) is 6.54 Å². The minimum Gasteiger partial charge on any atom is -0.469 e. The highest BCUT2D eigenvalue weighted by Gasteiger charge is 2.15. The molecule has 1 N–H and O–H groups in total. The van der Waals surface area contributed by atoms with E-state index < -0.39 is 5.97 Å². The van der Waals surface area contributed by atoms with E-state index in [2.05, 4.69) is 10.1 Å². The van der Waals surface area contributed by atoms with Gasteiger partial charge < -0.3 is 10.1 Å². The first-order valence-corrected chi connectivity index (χ1v) is 6.28. The van der Waals surface area contributed by atoms with Gasteiger partial charge in [-0.25, -0.2) is 0 Å². The number of carbonyl (C=O) groups excluding carboxylic acids is 3. The maximum Gasteiger partial charge on any atom is 0.313 e. The molecule has 0 rings (SSSR count). The highest BCUT2D eigenvalue weighted by molar-refractivity contribution is 8.14. The molecule has 0 fully saturated rings. The zero-order valence-corrected chi connectivity index (χ0v) is 11.4. The Hall–Kier alpha value is -1.04. The fraction of sp³-hybridized carbons (Fsp3) is 0.727. The molecule has 0 aliphatic heterocycles. The second-order valence-electron chi connectivity index (χ2n) is 3.95. The quantitative estimate of drug-likeness (QED) is 0.570. The van der Waals surface area contributed by atoms with Gasteiger partial charge in [0, 0.05) is 17.7 Å². The van der Waals surface area contributed by atoms with Crippen molar-refractivity contribution < 1.29 is 19.1 Å². The molecule has 0 radical (unpaired) electrons. The summed E-state index contributed by atoms with van der Waals surface area (Å²) in [6.07, 6.45) is -0.233. The standard InChI is InChI=1S/C11H19NO4S/c1-7(2)11(15)12-6-8(3)17-10(14)5-9(13)16-4/h7-8H,5-6H2,1-4H3,(H,12,15). The third-order valence-electron chi connectivity index (χ3n) is 1.94. The summed E-state index contributed by atoms with van der Waals surface area (Å²) in [5.74, 6) is -0.656. The van der Waals surface area contributed by atoms with Gasteiger partial charge in [-0.05, 0) is 0 Å². The van der Waals surface area contributed by atoms with Gasteiger partial charge in [-0.2, -0.15) is 0 Å². The first-order valence-electron chi connectivity index (χ1n) is 5.40. The van der Waals surface area contributed by atoms with Crippen LogP contribution in [0.2, 0.25) is 0 Å². The van der Waals surface area contributed by atoms with Crippen molar-refractivity contribution >= 4 is 28.8 Å². The molecule has 0 aromatic carbocycles. The number of hydrogen-bond acceptors (Lipinski definition) is 5. The van der Waals surface area contributed by atoms with Crippen molar-refractivity contribution in [2.75, 3.05) is 13.7 Å². The van der Waals surface area contributed by atoms with Crippen molar-refractivity contribution in [1.29, 1.82) is 0 Å². The van der Waals surface area contributed by atoms with E-state index in [1.54, 1.807) is 13.8 Å². The van der Waals surface area contributed by atoms with Crippen LogP contribution in [0.3, 0.4) is 0 Å². The monoisotopic (exact) mass is 261 g/mol. The van der Waals surface area contributed by atoms with E-state index in [1.165, 1.54) is 7.11 Å². The summed E-state index contributed by atoms with van der Waals surface area (Å²) in [6.45, 7) is 5.83. The Morgan fingerprint density at radius 3 is 2.29 bits per heavy atom. The Balaban J connectivity index is 3.86. The van der Waals surface area contributed by atoms with Crippen LogP contribution >= 0.6 is 11.8 Å². The largest absolute Gasteiger partial charge is 0.469 e.